The zero-order valence-corrected chi connectivity index (χ0v) is 16.4. The predicted octanol–water partition coefficient (Wildman–Crippen LogP) is 3.36. The standard InChI is InChI=1S/C22H31NO4/c1-3-23(26,4-2)17-11-12-18-27-21(24)22(25,19-13-7-5-8-14-19)20-15-9-6-10-16-20/h5,7-8,13-14,20,25H,3-4,6,9-10,15-18H2,1-2H3/t22-/m0/s1. The summed E-state index contributed by atoms with van der Waals surface area (Å²) in [6, 6.07) is 9.03. The van der Waals surface area contributed by atoms with Gasteiger partial charge in [-0.15, -0.1) is 0 Å². The number of carbonyl (C=O) groups excluding carboxylic acids is 1. The van der Waals surface area contributed by atoms with E-state index < -0.39 is 11.6 Å². The summed E-state index contributed by atoms with van der Waals surface area (Å²) in [6.07, 6.45) is 4.74. The molecule has 1 aliphatic rings. The summed E-state index contributed by atoms with van der Waals surface area (Å²) in [6.45, 7) is 4.65. The molecular weight excluding hydrogens is 342 g/mol. The van der Waals surface area contributed by atoms with E-state index in [2.05, 4.69) is 11.8 Å². The highest BCUT2D eigenvalue weighted by Gasteiger charge is 2.47. The lowest BCUT2D eigenvalue weighted by molar-refractivity contribution is -0.869. The van der Waals surface area contributed by atoms with Crippen molar-refractivity contribution in [3.05, 3.63) is 41.1 Å². The van der Waals surface area contributed by atoms with Crippen LogP contribution < -0.4 is 0 Å². The van der Waals surface area contributed by atoms with Crippen molar-refractivity contribution in [2.24, 2.45) is 5.92 Å². The Kier molecular flexibility index (Phi) is 7.85. The second kappa shape index (κ2) is 9.89. The molecular formula is C22H31NO4. The third-order valence-electron chi connectivity index (χ3n) is 5.64. The fraction of sp³-hybridized carbons (Fsp3) is 0.591. The Morgan fingerprint density at radius 3 is 2.41 bits per heavy atom. The molecule has 27 heavy (non-hydrogen) atoms. The Labute approximate surface area is 162 Å². The minimum absolute atomic E-state index is 0.117. The number of nitrogens with zero attached hydrogens (tertiary/aromatic N) is 1. The van der Waals surface area contributed by atoms with Gasteiger partial charge in [-0.1, -0.05) is 55.5 Å². The van der Waals surface area contributed by atoms with Gasteiger partial charge in [0.2, 0.25) is 0 Å². The van der Waals surface area contributed by atoms with Crippen molar-refractivity contribution in [3.8, 4) is 11.8 Å². The van der Waals surface area contributed by atoms with E-state index in [0.29, 0.717) is 18.7 Å². The highest BCUT2D eigenvalue weighted by Crippen LogP contribution is 2.40. The molecule has 5 heteroatoms. The summed E-state index contributed by atoms with van der Waals surface area (Å²) in [5, 5.41) is 23.5. The number of carbonyl (C=O) groups is 1. The van der Waals surface area contributed by atoms with E-state index in [0.717, 1.165) is 32.1 Å². The van der Waals surface area contributed by atoms with Crippen molar-refractivity contribution in [1.29, 1.82) is 0 Å². The van der Waals surface area contributed by atoms with Gasteiger partial charge in [-0.2, -0.15) is 0 Å². The first kappa shape index (κ1) is 21.4. The Hall–Kier alpha value is -1.87. The molecule has 1 aromatic carbocycles. The molecule has 0 bridgehead atoms. The normalized spacial score (nSPS) is 17.5. The maximum atomic E-state index is 12.8. The molecule has 1 aliphatic carbocycles. The minimum atomic E-state index is -1.64. The first-order valence-electron chi connectivity index (χ1n) is 9.94. The highest BCUT2D eigenvalue weighted by molar-refractivity contribution is 5.81. The number of hydroxylamine groups is 3. The summed E-state index contributed by atoms with van der Waals surface area (Å²) >= 11 is 0. The molecule has 5 nitrogen and oxygen atoms in total. The molecule has 0 aromatic heterocycles. The first-order chi connectivity index (χ1) is 13.0. The maximum absolute atomic E-state index is 12.8. The van der Waals surface area contributed by atoms with Crippen molar-refractivity contribution in [1.82, 2.24) is 0 Å². The molecule has 0 heterocycles. The van der Waals surface area contributed by atoms with E-state index in [1.165, 1.54) is 0 Å². The van der Waals surface area contributed by atoms with E-state index in [-0.39, 0.29) is 23.7 Å². The van der Waals surface area contributed by atoms with Crippen molar-refractivity contribution >= 4 is 5.97 Å². The fourth-order valence-corrected chi connectivity index (χ4v) is 3.64. The lowest BCUT2D eigenvalue weighted by Gasteiger charge is -2.39. The lowest BCUT2D eigenvalue weighted by Crippen LogP contribution is -2.45. The lowest BCUT2D eigenvalue weighted by atomic mass is 9.73. The van der Waals surface area contributed by atoms with Crippen molar-refractivity contribution < 1.29 is 19.3 Å². The van der Waals surface area contributed by atoms with Crippen LogP contribution in [0.3, 0.4) is 0 Å². The smallest absolute Gasteiger partial charge is 0.344 e. The molecule has 0 aliphatic heterocycles. The fourth-order valence-electron chi connectivity index (χ4n) is 3.64. The minimum Gasteiger partial charge on any atom is -0.632 e. The molecule has 0 amide bonds. The number of quaternary nitrogens is 1. The molecule has 1 aromatic rings. The van der Waals surface area contributed by atoms with Crippen LogP contribution in [0.1, 0.15) is 51.5 Å². The molecule has 1 saturated carbocycles. The van der Waals surface area contributed by atoms with Crippen LogP contribution >= 0.6 is 0 Å². The average Bonchev–Trinajstić information content (AvgIpc) is 2.73. The number of hydrogen-bond acceptors (Lipinski definition) is 4. The third-order valence-corrected chi connectivity index (χ3v) is 5.64. The Morgan fingerprint density at radius 2 is 1.81 bits per heavy atom. The van der Waals surface area contributed by atoms with Crippen molar-refractivity contribution in [3.63, 3.8) is 0 Å². The van der Waals surface area contributed by atoms with Gasteiger partial charge >= 0.3 is 5.97 Å². The molecule has 0 unspecified atom stereocenters. The molecule has 0 radical (unpaired) electrons. The predicted molar refractivity (Wildman–Crippen MR) is 105 cm³/mol. The molecule has 2 rings (SSSR count). The topological polar surface area (TPSA) is 69.6 Å². The van der Waals surface area contributed by atoms with Gasteiger partial charge in [-0.25, -0.2) is 4.79 Å². The number of hydrogen-bond donors (Lipinski definition) is 1. The number of aliphatic hydroxyl groups is 1. The molecule has 148 valence electrons. The number of rotatable bonds is 7. The van der Waals surface area contributed by atoms with Crippen LogP contribution in [0.15, 0.2) is 30.3 Å². The zero-order chi connectivity index (χ0) is 19.8. The zero-order valence-electron chi connectivity index (χ0n) is 16.4. The van der Waals surface area contributed by atoms with Gasteiger partial charge in [0.25, 0.3) is 0 Å². The second-order valence-corrected chi connectivity index (χ2v) is 7.25. The largest absolute Gasteiger partial charge is 0.632 e. The van der Waals surface area contributed by atoms with E-state index in [1.54, 1.807) is 12.1 Å². The van der Waals surface area contributed by atoms with Crippen LogP contribution in [-0.4, -0.2) is 42.0 Å². The maximum Gasteiger partial charge on any atom is 0.344 e. The van der Waals surface area contributed by atoms with E-state index in [1.807, 2.05) is 32.0 Å². The summed E-state index contributed by atoms with van der Waals surface area (Å²) in [5.41, 5.74) is -1.07. The molecule has 0 saturated heterocycles. The third kappa shape index (κ3) is 5.32. The van der Waals surface area contributed by atoms with Crippen LogP contribution in [0.4, 0.5) is 0 Å². The van der Waals surface area contributed by atoms with Gasteiger partial charge in [-0.05, 0) is 38.2 Å². The monoisotopic (exact) mass is 373 g/mol. The van der Waals surface area contributed by atoms with Crippen LogP contribution in [0.2, 0.25) is 0 Å². The van der Waals surface area contributed by atoms with Crippen LogP contribution in [-0.2, 0) is 15.1 Å². The molecule has 0 spiro atoms. The SMILES string of the molecule is CC[N+]([O-])(CC)CC#CCOC(=O)[C@](O)(c1ccccc1)C1CCCCC1. The molecule has 1 atom stereocenters. The van der Waals surface area contributed by atoms with Gasteiger partial charge in [-0.3, -0.25) is 0 Å². The van der Waals surface area contributed by atoms with E-state index in [4.69, 9.17) is 4.74 Å². The van der Waals surface area contributed by atoms with E-state index >= 15 is 0 Å². The average molecular weight is 373 g/mol. The second-order valence-electron chi connectivity index (χ2n) is 7.25. The Morgan fingerprint density at radius 1 is 1.19 bits per heavy atom. The van der Waals surface area contributed by atoms with Crippen molar-refractivity contribution in [2.45, 2.75) is 51.6 Å². The van der Waals surface area contributed by atoms with Crippen molar-refractivity contribution in [2.75, 3.05) is 26.2 Å². The van der Waals surface area contributed by atoms with Gasteiger partial charge in [0.15, 0.2) is 12.2 Å². The summed E-state index contributed by atoms with van der Waals surface area (Å²) in [7, 11) is 0. The number of ether oxygens (including phenoxy) is 1. The van der Waals surface area contributed by atoms with Gasteiger partial charge < -0.3 is 19.7 Å². The summed E-state index contributed by atoms with van der Waals surface area (Å²) in [4.78, 5) is 12.8. The molecule has 1 N–H and O–H groups in total. The van der Waals surface area contributed by atoms with Gasteiger partial charge in [0.05, 0.1) is 13.1 Å². The number of esters is 1. The van der Waals surface area contributed by atoms with Crippen LogP contribution in [0.25, 0.3) is 0 Å². The summed E-state index contributed by atoms with van der Waals surface area (Å²) in [5.74, 6) is 4.75. The van der Waals surface area contributed by atoms with Gasteiger partial charge in [0, 0.05) is 5.92 Å². The summed E-state index contributed by atoms with van der Waals surface area (Å²) < 4.78 is 4.95. The molecule has 1 fully saturated rings. The first-order valence-corrected chi connectivity index (χ1v) is 9.94. The van der Waals surface area contributed by atoms with Gasteiger partial charge in [0.1, 0.15) is 6.54 Å². The highest BCUT2D eigenvalue weighted by atomic mass is 16.6. The van der Waals surface area contributed by atoms with Crippen LogP contribution in [0, 0.1) is 23.0 Å². The van der Waals surface area contributed by atoms with Crippen LogP contribution in [0.5, 0.6) is 0 Å². The Balaban J connectivity index is 2.07. The Bertz CT molecular complexity index is 654. The quantitative estimate of drug-likeness (QED) is 0.344. The number of benzene rings is 1. The van der Waals surface area contributed by atoms with E-state index in [9.17, 15) is 15.1 Å².